The normalized spacial score (nSPS) is 15.1. The third-order valence-corrected chi connectivity index (χ3v) is 8.50. The molecule has 1 amide bonds. The van der Waals surface area contributed by atoms with Crippen molar-refractivity contribution in [1.82, 2.24) is 9.88 Å². The van der Waals surface area contributed by atoms with E-state index in [0.717, 1.165) is 40.9 Å². The molecule has 0 spiro atoms. The highest BCUT2D eigenvalue weighted by molar-refractivity contribution is 7.92. The van der Waals surface area contributed by atoms with E-state index in [2.05, 4.69) is 11.8 Å². The van der Waals surface area contributed by atoms with Crippen LogP contribution >= 0.6 is 11.3 Å². The Kier molecular flexibility index (Phi) is 7.43. The maximum Gasteiger partial charge on any atom is 0.244 e. The van der Waals surface area contributed by atoms with Gasteiger partial charge in [0.15, 0.2) is 15.0 Å². The zero-order valence-corrected chi connectivity index (χ0v) is 20.6. The number of benzene rings is 2. The van der Waals surface area contributed by atoms with Gasteiger partial charge >= 0.3 is 0 Å². The van der Waals surface area contributed by atoms with Crippen LogP contribution in [0.5, 0.6) is 0 Å². The number of fused-ring (bicyclic) bond motifs is 1. The van der Waals surface area contributed by atoms with Gasteiger partial charge in [-0.25, -0.2) is 13.4 Å². The Morgan fingerprint density at radius 1 is 1.15 bits per heavy atom. The molecule has 1 fully saturated rings. The van der Waals surface area contributed by atoms with Gasteiger partial charge in [-0.2, -0.15) is 0 Å². The Bertz CT molecular complexity index is 1220. The minimum absolute atomic E-state index is 0.159. The molecule has 1 aromatic heterocycles. The van der Waals surface area contributed by atoms with Crippen LogP contribution in [0.15, 0.2) is 47.4 Å². The number of anilines is 1. The third-order valence-electron chi connectivity index (χ3n) is 5.84. The van der Waals surface area contributed by atoms with E-state index in [1.54, 1.807) is 29.2 Å². The van der Waals surface area contributed by atoms with Gasteiger partial charge in [0.25, 0.3) is 0 Å². The molecule has 9 heteroatoms. The molecule has 0 radical (unpaired) electrons. The number of amides is 1. The summed E-state index contributed by atoms with van der Waals surface area (Å²) in [5, 5.41) is 0.545. The van der Waals surface area contributed by atoms with Gasteiger partial charge in [0.2, 0.25) is 5.91 Å². The number of hydrogen-bond donors (Lipinski definition) is 0. The summed E-state index contributed by atoms with van der Waals surface area (Å²) in [5.74, 6) is -1.05. The Labute approximate surface area is 198 Å². The molecule has 0 N–H and O–H groups in total. The van der Waals surface area contributed by atoms with Crippen LogP contribution in [-0.2, 0) is 25.8 Å². The molecule has 1 saturated heterocycles. The fourth-order valence-electron chi connectivity index (χ4n) is 3.86. The van der Waals surface area contributed by atoms with Gasteiger partial charge in [-0.15, -0.1) is 0 Å². The molecular formula is C24H29N3O4S2. The average Bonchev–Trinajstić information content (AvgIpc) is 3.24. The van der Waals surface area contributed by atoms with Crippen LogP contribution in [0.3, 0.4) is 0 Å². The molecule has 176 valence electrons. The van der Waals surface area contributed by atoms with E-state index in [-0.39, 0.29) is 4.90 Å². The van der Waals surface area contributed by atoms with Crippen molar-refractivity contribution in [2.75, 3.05) is 50.0 Å². The van der Waals surface area contributed by atoms with Crippen LogP contribution in [0.1, 0.15) is 18.1 Å². The second-order valence-corrected chi connectivity index (χ2v) is 11.2. The van der Waals surface area contributed by atoms with Crippen molar-refractivity contribution in [1.29, 1.82) is 0 Å². The molecule has 2 heterocycles. The largest absolute Gasteiger partial charge is 0.379 e. The summed E-state index contributed by atoms with van der Waals surface area (Å²) in [6, 6.07) is 12.6. The molecule has 0 saturated carbocycles. The number of rotatable bonds is 8. The number of aromatic nitrogens is 1. The Balaban J connectivity index is 1.61. The number of aryl methyl sites for hydroxylation is 2. The van der Waals surface area contributed by atoms with Crippen molar-refractivity contribution in [3.05, 3.63) is 53.6 Å². The number of morpholine rings is 1. The number of ether oxygens (including phenoxy) is 1. The highest BCUT2D eigenvalue weighted by Gasteiger charge is 2.27. The van der Waals surface area contributed by atoms with E-state index in [4.69, 9.17) is 9.72 Å². The molecule has 0 unspecified atom stereocenters. The van der Waals surface area contributed by atoms with Crippen molar-refractivity contribution in [2.45, 2.75) is 25.2 Å². The van der Waals surface area contributed by atoms with Crippen molar-refractivity contribution < 1.29 is 17.9 Å². The summed E-state index contributed by atoms with van der Waals surface area (Å²) in [6.07, 6.45) is 0.837. The Hall–Kier alpha value is -2.33. The topological polar surface area (TPSA) is 79.8 Å². The van der Waals surface area contributed by atoms with Crippen molar-refractivity contribution >= 4 is 42.4 Å². The van der Waals surface area contributed by atoms with E-state index in [1.807, 2.05) is 25.1 Å². The first kappa shape index (κ1) is 23.8. The zero-order chi connectivity index (χ0) is 23.4. The summed E-state index contributed by atoms with van der Waals surface area (Å²) in [6.45, 7) is 7.90. The molecule has 4 rings (SSSR count). The highest BCUT2D eigenvalue weighted by atomic mass is 32.2. The molecule has 3 aromatic rings. The van der Waals surface area contributed by atoms with E-state index in [0.29, 0.717) is 31.4 Å². The number of thiazole rings is 1. The van der Waals surface area contributed by atoms with Gasteiger partial charge in [0.1, 0.15) is 5.75 Å². The van der Waals surface area contributed by atoms with Crippen LogP contribution in [0.2, 0.25) is 0 Å². The van der Waals surface area contributed by atoms with Crippen molar-refractivity contribution in [2.24, 2.45) is 0 Å². The lowest BCUT2D eigenvalue weighted by Crippen LogP contribution is -2.44. The first-order chi connectivity index (χ1) is 15.9. The van der Waals surface area contributed by atoms with Crippen LogP contribution in [0.25, 0.3) is 10.2 Å². The molecule has 0 atom stereocenters. The number of nitrogens with zero attached hydrogens (tertiary/aromatic N) is 3. The third kappa shape index (κ3) is 5.60. The van der Waals surface area contributed by atoms with Gasteiger partial charge in [0, 0.05) is 26.2 Å². The maximum absolute atomic E-state index is 13.4. The molecular weight excluding hydrogens is 458 g/mol. The molecule has 1 aliphatic heterocycles. The van der Waals surface area contributed by atoms with Gasteiger partial charge < -0.3 is 4.74 Å². The van der Waals surface area contributed by atoms with Crippen molar-refractivity contribution in [3.63, 3.8) is 0 Å². The molecule has 0 bridgehead atoms. The molecule has 33 heavy (non-hydrogen) atoms. The summed E-state index contributed by atoms with van der Waals surface area (Å²) < 4.78 is 32.4. The first-order valence-corrected chi connectivity index (χ1v) is 13.6. The molecule has 1 aliphatic rings. The quantitative estimate of drug-likeness (QED) is 0.485. The van der Waals surface area contributed by atoms with Gasteiger partial charge in [-0.05, 0) is 37.1 Å². The van der Waals surface area contributed by atoms with E-state index >= 15 is 0 Å². The Morgan fingerprint density at radius 2 is 1.88 bits per heavy atom. The van der Waals surface area contributed by atoms with Crippen LogP contribution < -0.4 is 4.90 Å². The lowest BCUT2D eigenvalue weighted by atomic mass is 10.1. The predicted molar refractivity (Wildman–Crippen MR) is 132 cm³/mol. The highest BCUT2D eigenvalue weighted by Crippen LogP contribution is 2.31. The fourth-order valence-corrected chi connectivity index (χ4v) is 6.11. The van der Waals surface area contributed by atoms with Crippen molar-refractivity contribution in [3.8, 4) is 0 Å². The Morgan fingerprint density at radius 3 is 2.58 bits per heavy atom. The van der Waals surface area contributed by atoms with E-state index < -0.39 is 21.5 Å². The van der Waals surface area contributed by atoms with E-state index in [9.17, 15) is 13.2 Å². The number of carbonyl (C=O) groups excluding carboxylic acids is 1. The predicted octanol–water partition coefficient (Wildman–Crippen LogP) is 3.31. The number of hydrogen-bond acceptors (Lipinski definition) is 7. The molecule has 7 nitrogen and oxygen atoms in total. The van der Waals surface area contributed by atoms with Gasteiger partial charge in [-0.3, -0.25) is 14.6 Å². The zero-order valence-electron chi connectivity index (χ0n) is 19.0. The smallest absolute Gasteiger partial charge is 0.244 e. The SMILES string of the molecule is CCc1cccc2sc(N(CCN3CCOCC3)C(=O)CS(=O)(=O)c3ccc(C)cc3)nc12. The first-order valence-electron chi connectivity index (χ1n) is 11.2. The minimum Gasteiger partial charge on any atom is -0.379 e. The number of carbonyl (C=O) groups is 1. The summed E-state index contributed by atoms with van der Waals surface area (Å²) in [4.78, 5) is 22.1. The lowest BCUT2D eigenvalue weighted by molar-refractivity contribution is -0.116. The fraction of sp³-hybridized carbons (Fsp3) is 0.417. The summed E-state index contributed by atoms with van der Waals surface area (Å²) in [7, 11) is -3.76. The average molecular weight is 488 g/mol. The minimum atomic E-state index is -3.76. The maximum atomic E-state index is 13.4. The summed E-state index contributed by atoms with van der Waals surface area (Å²) in [5.41, 5.74) is 2.96. The summed E-state index contributed by atoms with van der Waals surface area (Å²) >= 11 is 1.43. The van der Waals surface area contributed by atoms with Gasteiger partial charge in [-0.1, -0.05) is 48.1 Å². The molecule has 2 aromatic carbocycles. The van der Waals surface area contributed by atoms with E-state index in [1.165, 1.54) is 11.3 Å². The standard InChI is InChI=1S/C24H29N3O4S2/c1-3-19-5-4-6-21-23(19)25-24(32-21)27(12-11-26-13-15-31-16-14-26)22(28)17-33(29,30)20-9-7-18(2)8-10-20/h4-10H,3,11-17H2,1-2H3. The number of sulfone groups is 1. The lowest BCUT2D eigenvalue weighted by Gasteiger charge is -2.29. The monoisotopic (exact) mass is 487 g/mol. The van der Waals surface area contributed by atoms with Crippen LogP contribution in [-0.4, -0.2) is 69.4 Å². The molecule has 0 aliphatic carbocycles. The number of para-hydroxylation sites is 1. The second-order valence-electron chi connectivity index (χ2n) is 8.19. The van der Waals surface area contributed by atoms with Gasteiger partial charge in [0.05, 0.1) is 28.3 Å². The second kappa shape index (κ2) is 10.3. The van der Waals surface area contributed by atoms with Crippen LogP contribution in [0, 0.1) is 6.92 Å². The van der Waals surface area contributed by atoms with Crippen LogP contribution in [0.4, 0.5) is 5.13 Å².